The summed E-state index contributed by atoms with van der Waals surface area (Å²) in [5, 5.41) is 14.2. The Balaban J connectivity index is 1.42. The number of aliphatic hydroxyl groups is 1. The van der Waals surface area contributed by atoms with Crippen LogP contribution in [0.4, 0.5) is 17.6 Å². The van der Waals surface area contributed by atoms with Gasteiger partial charge in [-0.25, -0.2) is 14.4 Å². The lowest BCUT2D eigenvalue weighted by atomic mass is 9.79. The van der Waals surface area contributed by atoms with E-state index in [2.05, 4.69) is 25.3 Å². The molecule has 3 N–H and O–H groups in total. The fraction of sp³-hybridized carbons (Fsp3) is 0.250. The summed E-state index contributed by atoms with van der Waals surface area (Å²) < 4.78 is 69.6. The summed E-state index contributed by atoms with van der Waals surface area (Å²) in [6.45, 7) is 0.630. The number of carbonyl (C=O) groups excluding carboxylic acids is 1. The molecule has 13 heteroatoms. The van der Waals surface area contributed by atoms with Crippen LogP contribution in [0.3, 0.4) is 0 Å². The second-order valence-corrected chi connectivity index (χ2v) is 11.1. The number of halogens is 4. The summed E-state index contributed by atoms with van der Waals surface area (Å²) in [5.41, 5.74) is -4.15. The number of imidazole rings is 1. The van der Waals surface area contributed by atoms with E-state index in [-0.39, 0.29) is 41.3 Å². The average Bonchev–Trinajstić information content (AvgIpc) is 3.66. The number of hydrogen-bond acceptors (Lipinski definition) is 7. The van der Waals surface area contributed by atoms with E-state index in [4.69, 9.17) is 9.47 Å². The molecule has 4 heterocycles. The first-order chi connectivity index (χ1) is 21.4. The van der Waals surface area contributed by atoms with Crippen LogP contribution in [0.15, 0.2) is 73.2 Å². The Morgan fingerprint density at radius 1 is 1.13 bits per heavy atom. The summed E-state index contributed by atoms with van der Waals surface area (Å²) in [4.78, 5) is 28.9. The van der Waals surface area contributed by atoms with Crippen LogP contribution in [0.2, 0.25) is 0 Å². The Morgan fingerprint density at radius 2 is 1.91 bits per heavy atom. The molecule has 45 heavy (non-hydrogen) atoms. The number of aromatic nitrogens is 4. The minimum absolute atomic E-state index is 0.00483. The molecule has 0 fully saturated rings. The van der Waals surface area contributed by atoms with Crippen LogP contribution < -0.4 is 14.8 Å². The fourth-order valence-electron chi connectivity index (χ4n) is 5.45. The second-order valence-electron chi connectivity index (χ2n) is 11.1. The van der Waals surface area contributed by atoms with Crippen LogP contribution in [0.5, 0.6) is 11.5 Å². The molecule has 0 bridgehead atoms. The molecule has 2 aromatic carbocycles. The third kappa shape index (κ3) is 5.43. The molecule has 2 atom stereocenters. The number of alkyl halides is 3. The number of H-pyrrole nitrogens is 1. The first-order valence-electron chi connectivity index (χ1n) is 13.8. The molecule has 0 aliphatic carbocycles. The maximum atomic E-state index is 14.8. The Bertz CT molecular complexity index is 1880. The average molecular weight is 622 g/mol. The quantitative estimate of drug-likeness (QED) is 0.203. The Hall–Kier alpha value is -5.04. The highest BCUT2D eigenvalue weighted by Crippen LogP contribution is 2.48. The molecule has 1 aliphatic rings. The molecule has 1 aliphatic heterocycles. The monoisotopic (exact) mass is 621 g/mol. The van der Waals surface area contributed by atoms with E-state index in [1.54, 1.807) is 37.6 Å². The molecule has 1 amide bonds. The molecule has 232 valence electrons. The molecule has 0 unspecified atom stereocenters. The summed E-state index contributed by atoms with van der Waals surface area (Å²) in [5.74, 6) is -0.386. The number of ether oxygens (including phenoxy) is 2. The van der Waals surface area contributed by atoms with Gasteiger partial charge >= 0.3 is 6.18 Å². The number of aromatic amines is 1. The van der Waals surface area contributed by atoms with Gasteiger partial charge in [0, 0.05) is 52.5 Å². The molecular weight excluding hydrogens is 594 g/mol. The summed E-state index contributed by atoms with van der Waals surface area (Å²) in [7, 11) is 1.38. The van der Waals surface area contributed by atoms with Crippen LogP contribution in [0.1, 0.15) is 34.4 Å². The molecule has 0 saturated heterocycles. The first kappa shape index (κ1) is 30.0. The Kier molecular flexibility index (Phi) is 7.43. The van der Waals surface area contributed by atoms with Crippen molar-refractivity contribution in [2.24, 2.45) is 0 Å². The lowest BCUT2D eigenvalue weighted by molar-refractivity contribution is -0.265. The zero-order valence-electron chi connectivity index (χ0n) is 24.1. The first-order valence-corrected chi connectivity index (χ1v) is 13.8. The van der Waals surface area contributed by atoms with Crippen LogP contribution >= 0.6 is 0 Å². The Morgan fingerprint density at radius 3 is 2.60 bits per heavy atom. The smallest absolute Gasteiger partial charge is 0.424 e. The molecule has 0 radical (unpaired) electrons. The molecule has 0 spiro atoms. The number of hydrogen-bond donors (Lipinski definition) is 3. The topological polar surface area (TPSA) is 122 Å². The van der Waals surface area contributed by atoms with Gasteiger partial charge in [0.1, 0.15) is 34.4 Å². The maximum absolute atomic E-state index is 14.8. The zero-order chi connectivity index (χ0) is 32.0. The molecule has 6 rings (SSSR count). The van der Waals surface area contributed by atoms with E-state index >= 15 is 0 Å². The van der Waals surface area contributed by atoms with E-state index in [1.165, 1.54) is 31.4 Å². The van der Waals surface area contributed by atoms with E-state index < -0.39 is 41.2 Å². The predicted octanol–water partition coefficient (Wildman–Crippen LogP) is 5.24. The van der Waals surface area contributed by atoms with Crippen molar-refractivity contribution in [1.82, 2.24) is 25.3 Å². The molecule has 0 saturated carbocycles. The van der Waals surface area contributed by atoms with Crippen molar-refractivity contribution < 1.29 is 36.9 Å². The van der Waals surface area contributed by atoms with Crippen molar-refractivity contribution in [1.29, 1.82) is 0 Å². The number of carbonyl (C=O) groups is 1. The van der Waals surface area contributed by atoms with E-state index in [0.717, 1.165) is 18.2 Å². The van der Waals surface area contributed by atoms with Crippen LogP contribution in [-0.2, 0) is 17.4 Å². The van der Waals surface area contributed by atoms with Crippen LogP contribution in [0, 0.1) is 5.82 Å². The molecule has 9 nitrogen and oxygen atoms in total. The molecule has 5 aromatic rings. The van der Waals surface area contributed by atoms with Gasteiger partial charge in [0.15, 0.2) is 0 Å². The van der Waals surface area contributed by atoms with Gasteiger partial charge in [0.05, 0.1) is 26.0 Å². The maximum Gasteiger partial charge on any atom is 0.424 e. The SMILES string of the molecule is COc1cc(C(=O)NC[C@](O)(c2cc3c(c(-c4ccc(F)cc4)n2)OC[C@]3(C)Cc2ncc[nH]2)C(F)(F)F)cc2cccnc12. The fourth-order valence-corrected chi connectivity index (χ4v) is 5.45. The largest absolute Gasteiger partial charge is 0.494 e. The van der Waals surface area contributed by atoms with Gasteiger partial charge in [0.2, 0.25) is 5.60 Å². The molecule has 3 aromatic heterocycles. The summed E-state index contributed by atoms with van der Waals surface area (Å²) in [6.07, 6.45) is -0.265. The van der Waals surface area contributed by atoms with Gasteiger partial charge in [-0.2, -0.15) is 13.2 Å². The van der Waals surface area contributed by atoms with E-state index in [9.17, 15) is 27.5 Å². The summed E-state index contributed by atoms with van der Waals surface area (Å²) in [6, 6.07) is 12.3. The van der Waals surface area contributed by atoms with Gasteiger partial charge in [-0.3, -0.25) is 9.78 Å². The highest BCUT2D eigenvalue weighted by Gasteiger charge is 2.57. The van der Waals surface area contributed by atoms with Crippen LogP contribution in [-0.4, -0.2) is 57.4 Å². The lowest BCUT2D eigenvalue weighted by Gasteiger charge is -2.32. The minimum Gasteiger partial charge on any atom is -0.494 e. The lowest BCUT2D eigenvalue weighted by Crippen LogP contribution is -2.51. The number of rotatable bonds is 8. The number of amides is 1. The van der Waals surface area contributed by atoms with E-state index in [0.29, 0.717) is 22.3 Å². The van der Waals surface area contributed by atoms with Crippen molar-refractivity contribution in [3.05, 3.63) is 102 Å². The number of pyridine rings is 2. The molecular formula is C32H27F4N5O4. The van der Waals surface area contributed by atoms with Crippen molar-refractivity contribution in [3.63, 3.8) is 0 Å². The number of nitrogens with one attached hydrogen (secondary N) is 2. The van der Waals surface area contributed by atoms with Gasteiger partial charge in [0.25, 0.3) is 5.91 Å². The van der Waals surface area contributed by atoms with Crippen LogP contribution in [0.25, 0.3) is 22.2 Å². The third-order valence-corrected chi connectivity index (χ3v) is 7.94. The van der Waals surface area contributed by atoms with Crippen molar-refractivity contribution in [2.45, 2.75) is 30.5 Å². The van der Waals surface area contributed by atoms with Gasteiger partial charge < -0.3 is 24.9 Å². The zero-order valence-corrected chi connectivity index (χ0v) is 24.1. The van der Waals surface area contributed by atoms with Crippen molar-refractivity contribution in [3.8, 4) is 22.8 Å². The standard InChI is InChI=1S/C32H27F4N5O4/c1-30(15-25-37-10-11-38-25)17-45-28-22(30)14-24(41-27(28)18-5-7-21(33)8-6-18)31(43,32(34,35)36)16-40-29(42)20-12-19-4-3-9-39-26(19)23(13-20)44-2/h3-14,43H,15-17H2,1-2H3,(H,37,38)(H,40,42)/t30-,31-/m0/s1. The highest BCUT2D eigenvalue weighted by atomic mass is 19.4. The summed E-state index contributed by atoms with van der Waals surface area (Å²) >= 11 is 0. The number of nitrogens with zero attached hydrogens (tertiary/aromatic N) is 3. The number of fused-ring (bicyclic) bond motifs is 2. The van der Waals surface area contributed by atoms with Gasteiger partial charge in [-0.05, 0) is 48.5 Å². The van der Waals surface area contributed by atoms with E-state index in [1.807, 2.05) is 0 Å². The normalized spacial score (nSPS) is 17.4. The predicted molar refractivity (Wildman–Crippen MR) is 155 cm³/mol. The van der Waals surface area contributed by atoms with Gasteiger partial charge in [-0.1, -0.05) is 13.0 Å². The third-order valence-electron chi connectivity index (χ3n) is 7.94. The number of benzene rings is 2. The van der Waals surface area contributed by atoms with Crippen molar-refractivity contribution >= 4 is 16.8 Å². The van der Waals surface area contributed by atoms with Crippen molar-refractivity contribution in [2.75, 3.05) is 20.3 Å². The Labute approximate surface area is 254 Å². The second kappa shape index (κ2) is 11.1. The number of methoxy groups -OCH3 is 1. The van der Waals surface area contributed by atoms with Gasteiger partial charge in [-0.15, -0.1) is 0 Å². The minimum atomic E-state index is -5.27. The highest BCUT2D eigenvalue weighted by molar-refractivity contribution is 5.99.